The number of nitrogens with zero attached hydrogens (tertiary/aromatic N) is 4. The summed E-state index contributed by atoms with van der Waals surface area (Å²) in [6.45, 7) is 0. The molecule has 3 heterocycles. The molecule has 9 rings (SSSR count). The number of rotatable bonds is 6. The van der Waals surface area contributed by atoms with Crippen LogP contribution in [0.5, 0.6) is 0 Å². The van der Waals surface area contributed by atoms with Crippen LogP contribution in [0.4, 0.5) is 0 Å². The second kappa shape index (κ2) is 12.1. The van der Waals surface area contributed by atoms with Gasteiger partial charge in [0.1, 0.15) is 22.6 Å². The average Bonchev–Trinajstić information content (AvgIpc) is 3.57. The zero-order valence-electron chi connectivity index (χ0n) is 26.4. The van der Waals surface area contributed by atoms with Gasteiger partial charge in [-0.15, -0.1) is 10.2 Å². The highest BCUT2D eigenvalue weighted by Crippen LogP contribution is 2.48. The summed E-state index contributed by atoms with van der Waals surface area (Å²) in [5.74, 6) is 0. The van der Waals surface area contributed by atoms with Gasteiger partial charge in [-0.25, -0.2) is 0 Å². The van der Waals surface area contributed by atoms with Crippen molar-refractivity contribution in [1.29, 1.82) is 0 Å². The summed E-state index contributed by atoms with van der Waals surface area (Å²) in [5, 5.41) is 16.0. The molecular formula is C44H28N4O. The molecule has 0 bridgehead atoms. The van der Waals surface area contributed by atoms with Crippen LogP contribution in [0.3, 0.4) is 0 Å². The number of benzene rings is 6. The molecule has 5 heteroatoms. The molecule has 0 amide bonds. The van der Waals surface area contributed by atoms with Gasteiger partial charge in [0.25, 0.3) is 0 Å². The van der Waals surface area contributed by atoms with E-state index in [2.05, 4.69) is 113 Å². The van der Waals surface area contributed by atoms with Gasteiger partial charge in [-0.05, 0) is 45.7 Å². The van der Waals surface area contributed by atoms with Crippen LogP contribution in [-0.4, -0.2) is 20.4 Å². The molecule has 0 saturated carbocycles. The Bertz CT molecular complexity index is 2600. The maximum absolute atomic E-state index is 6.44. The van der Waals surface area contributed by atoms with Gasteiger partial charge in [-0.3, -0.25) is 4.98 Å². The minimum Gasteiger partial charge on any atom is -0.456 e. The number of fused-ring (bicyclic) bond motifs is 3. The zero-order chi connectivity index (χ0) is 32.6. The van der Waals surface area contributed by atoms with Crippen molar-refractivity contribution in [3.8, 4) is 67.2 Å². The molecule has 230 valence electrons. The molecule has 0 unspecified atom stereocenters. The van der Waals surface area contributed by atoms with E-state index in [0.29, 0.717) is 11.4 Å². The van der Waals surface area contributed by atoms with Gasteiger partial charge in [0.15, 0.2) is 0 Å². The minimum atomic E-state index is 0.698. The van der Waals surface area contributed by atoms with Crippen LogP contribution in [0, 0.1) is 0 Å². The summed E-state index contributed by atoms with van der Waals surface area (Å²) in [5.41, 5.74) is 12.9. The quantitative estimate of drug-likeness (QED) is 0.183. The predicted molar refractivity (Wildman–Crippen MR) is 198 cm³/mol. The molecule has 49 heavy (non-hydrogen) atoms. The van der Waals surface area contributed by atoms with Gasteiger partial charge in [0, 0.05) is 39.2 Å². The van der Waals surface area contributed by atoms with E-state index in [4.69, 9.17) is 14.5 Å². The first-order chi connectivity index (χ1) is 24.3. The highest BCUT2D eigenvalue weighted by molar-refractivity contribution is 6.17. The SMILES string of the molecule is c1ccc(-c2cccnc2-c2c(-c3ccccc3)nnnc2-c2ccccc2-c2c(-c3ccccc3)ccc3oc4ccccc4c23)cc1. The third kappa shape index (κ3) is 4.96. The van der Waals surface area contributed by atoms with E-state index in [-0.39, 0.29) is 0 Å². The number of hydrogen-bond acceptors (Lipinski definition) is 5. The summed E-state index contributed by atoms with van der Waals surface area (Å²) in [7, 11) is 0. The normalized spacial score (nSPS) is 11.3. The van der Waals surface area contributed by atoms with Crippen molar-refractivity contribution in [1.82, 2.24) is 20.4 Å². The van der Waals surface area contributed by atoms with Crippen LogP contribution < -0.4 is 0 Å². The number of furan rings is 1. The molecule has 5 nitrogen and oxygen atoms in total. The lowest BCUT2D eigenvalue weighted by Gasteiger charge is -2.19. The number of pyridine rings is 1. The van der Waals surface area contributed by atoms with Gasteiger partial charge < -0.3 is 4.42 Å². The topological polar surface area (TPSA) is 64.7 Å². The van der Waals surface area contributed by atoms with E-state index in [1.165, 1.54) is 0 Å². The fourth-order valence-corrected chi connectivity index (χ4v) is 6.85. The lowest BCUT2D eigenvalue weighted by Crippen LogP contribution is -2.03. The average molecular weight is 629 g/mol. The number of hydrogen-bond donors (Lipinski definition) is 0. The van der Waals surface area contributed by atoms with Crippen LogP contribution in [-0.2, 0) is 0 Å². The maximum Gasteiger partial charge on any atom is 0.136 e. The van der Waals surface area contributed by atoms with Crippen molar-refractivity contribution in [2.45, 2.75) is 0 Å². The van der Waals surface area contributed by atoms with Crippen LogP contribution in [0.25, 0.3) is 89.1 Å². The Hall–Kier alpha value is -6.72. The van der Waals surface area contributed by atoms with Crippen molar-refractivity contribution in [2.75, 3.05) is 0 Å². The second-order valence-corrected chi connectivity index (χ2v) is 11.9. The smallest absolute Gasteiger partial charge is 0.136 e. The summed E-state index contributed by atoms with van der Waals surface area (Å²) in [6, 6.07) is 56.0. The molecule has 0 aliphatic rings. The lowest BCUT2D eigenvalue weighted by atomic mass is 9.85. The second-order valence-electron chi connectivity index (χ2n) is 11.9. The molecule has 0 N–H and O–H groups in total. The van der Waals surface area contributed by atoms with E-state index in [9.17, 15) is 0 Å². The summed E-state index contributed by atoms with van der Waals surface area (Å²) in [4.78, 5) is 5.03. The van der Waals surface area contributed by atoms with Gasteiger partial charge in [0.2, 0.25) is 0 Å². The van der Waals surface area contributed by atoms with Gasteiger partial charge >= 0.3 is 0 Å². The third-order valence-corrected chi connectivity index (χ3v) is 9.02. The Morgan fingerprint density at radius 2 is 0.959 bits per heavy atom. The third-order valence-electron chi connectivity index (χ3n) is 9.02. The molecule has 3 aromatic heterocycles. The monoisotopic (exact) mass is 628 g/mol. The Morgan fingerprint density at radius 3 is 1.71 bits per heavy atom. The fraction of sp³-hybridized carbons (Fsp3) is 0. The summed E-state index contributed by atoms with van der Waals surface area (Å²) in [6.07, 6.45) is 1.83. The lowest BCUT2D eigenvalue weighted by molar-refractivity contribution is 0.669. The predicted octanol–water partition coefficient (Wildman–Crippen LogP) is 11.2. The number of aromatic nitrogens is 4. The van der Waals surface area contributed by atoms with Crippen LogP contribution in [0.1, 0.15) is 0 Å². The Morgan fingerprint density at radius 1 is 0.367 bits per heavy atom. The van der Waals surface area contributed by atoms with Crippen LogP contribution >= 0.6 is 0 Å². The molecule has 0 radical (unpaired) electrons. The molecule has 0 spiro atoms. The molecule has 0 fully saturated rings. The Labute approximate surface area is 283 Å². The van der Waals surface area contributed by atoms with Gasteiger partial charge in [0.05, 0.1) is 11.3 Å². The number of para-hydroxylation sites is 1. The van der Waals surface area contributed by atoms with Crippen molar-refractivity contribution >= 4 is 21.9 Å². The van der Waals surface area contributed by atoms with E-state index < -0.39 is 0 Å². The molecule has 9 aromatic rings. The molecule has 0 atom stereocenters. The van der Waals surface area contributed by atoms with Crippen molar-refractivity contribution in [3.63, 3.8) is 0 Å². The fourth-order valence-electron chi connectivity index (χ4n) is 6.85. The highest BCUT2D eigenvalue weighted by Gasteiger charge is 2.26. The summed E-state index contributed by atoms with van der Waals surface area (Å²) >= 11 is 0. The molecule has 0 saturated heterocycles. The Kier molecular flexibility index (Phi) is 7.06. The Balaban J connectivity index is 1.40. The van der Waals surface area contributed by atoms with Gasteiger partial charge in [-0.2, -0.15) is 0 Å². The van der Waals surface area contributed by atoms with E-state index in [1.807, 2.05) is 66.9 Å². The van der Waals surface area contributed by atoms with Gasteiger partial charge in [-0.1, -0.05) is 146 Å². The maximum atomic E-state index is 6.44. The van der Waals surface area contributed by atoms with E-state index in [0.717, 1.165) is 77.7 Å². The minimum absolute atomic E-state index is 0.698. The molecule has 0 aliphatic heterocycles. The zero-order valence-corrected chi connectivity index (χ0v) is 26.4. The van der Waals surface area contributed by atoms with Crippen LogP contribution in [0.2, 0.25) is 0 Å². The van der Waals surface area contributed by atoms with Crippen molar-refractivity contribution < 1.29 is 4.42 Å². The largest absolute Gasteiger partial charge is 0.456 e. The highest BCUT2D eigenvalue weighted by atomic mass is 16.3. The van der Waals surface area contributed by atoms with E-state index >= 15 is 0 Å². The molecular weight excluding hydrogens is 601 g/mol. The molecule has 0 aliphatic carbocycles. The molecule has 6 aromatic carbocycles. The standard InChI is InChI=1S/C44H28N4O/c1-4-15-29(16-5-1)32-26-27-38-40(36-23-12-13-25-37(36)49-38)39(32)34-21-10-11-22-35(34)44-41(42(46-48-47-44)31-19-8-3-9-20-31)43-33(24-14-28-45-43)30-17-6-2-7-18-30/h1-28H. The van der Waals surface area contributed by atoms with Crippen LogP contribution in [0.15, 0.2) is 174 Å². The first-order valence-electron chi connectivity index (χ1n) is 16.2. The van der Waals surface area contributed by atoms with Crippen molar-refractivity contribution in [3.05, 3.63) is 170 Å². The first kappa shape index (κ1) is 28.5. The van der Waals surface area contributed by atoms with Crippen molar-refractivity contribution in [2.24, 2.45) is 0 Å². The van der Waals surface area contributed by atoms with E-state index in [1.54, 1.807) is 0 Å². The summed E-state index contributed by atoms with van der Waals surface area (Å²) < 4.78 is 6.44. The first-order valence-corrected chi connectivity index (χ1v) is 16.2.